The van der Waals surface area contributed by atoms with Crippen LogP contribution in [-0.2, 0) is 16.2 Å². The van der Waals surface area contributed by atoms with Crippen LogP contribution >= 0.6 is 11.6 Å². The van der Waals surface area contributed by atoms with Gasteiger partial charge < -0.3 is 9.47 Å². The fourth-order valence-corrected chi connectivity index (χ4v) is 4.57. The number of imide groups is 2. The number of nitrogens with one attached hydrogen (secondary N) is 1. The number of barbiturate groups is 1. The molecule has 1 N–H and O–H groups in total. The Balaban J connectivity index is 1.66. The van der Waals surface area contributed by atoms with E-state index >= 15 is 0 Å². The monoisotopic (exact) mass is 518 g/mol. The summed E-state index contributed by atoms with van der Waals surface area (Å²) in [5.41, 5.74) is 5.55. The van der Waals surface area contributed by atoms with Gasteiger partial charge in [0.1, 0.15) is 12.2 Å². The standard InChI is InChI=1S/C29H27ClN2O5/c1-16-9-17(2)11-21(10-16)15-37-26-23(30)13-20(14-25(26)36-5)12-22-27(33)31-29(35)32(28(22)34)24-8-6-7-18(3)19(24)4/h6-14H,15H2,1-5H3,(H,31,33,35)/b22-12+. The van der Waals surface area contributed by atoms with Crippen molar-refractivity contribution in [1.29, 1.82) is 0 Å². The van der Waals surface area contributed by atoms with Gasteiger partial charge in [0.25, 0.3) is 11.8 Å². The van der Waals surface area contributed by atoms with Crippen molar-refractivity contribution >= 4 is 41.2 Å². The van der Waals surface area contributed by atoms with Gasteiger partial charge in [-0.1, -0.05) is 53.1 Å². The molecule has 1 heterocycles. The van der Waals surface area contributed by atoms with Gasteiger partial charge in [-0.05, 0) is 74.2 Å². The number of amides is 4. The molecule has 0 unspecified atom stereocenters. The van der Waals surface area contributed by atoms with E-state index in [9.17, 15) is 14.4 Å². The van der Waals surface area contributed by atoms with E-state index in [2.05, 4.69) is 11.4 Å². The lowest BCUT2D eigenvalue weighted by Crippen LogP contribution is -2.54. The molecule has 0 saturated carbocycles. The van der Waals surface area contributed by atoms with E-state index in [1.54, 1.807) is 24.3 Å². The average Bonchev–Trinajstić information content (AvgIpc) is 2.82. The highest BCUT2D eigenvalue weighted by Gasteiger charge is 2.37. The van der Waals surface area contributed by atoms with Crippen molar-refractivity contribution in [3.8, 4) is 11.5 Å². The number of hydrogen-bond donors (Lipinski definition) is 1. The van der Waals surface area contributed by atoms with E-state index in [0.717, 1.165) is 32.7 Å². The van der Waals surface area contributed by atoms with Crippen LogP contribution in [0.4, 0.5) is 10.5 Å². The van der Waals surface area contributed by atoms with Crippen LogP contribution in [0.1, 0.15) is 33.4 Å². The van der Waals surface area contributed by atoms with Crippen molar-refractivity contribution in [2.45, 2.75) is 34.3 Å². The lowest BCUT2D eigenvalue weighted by Gasteiger charge is -2.28. The minimum atomic E-state index is -0.799. The predicted octanol–water partition coefficient (Wildman–Crippen LogP) is 5.83. The quantitative estimate of drug-likeness (QED) is 0.328. The minimum absolute atomic E-state index is 0.206. The van der Waals surface area contributed by atoms with Crippen molar-refractivity contribution in [1.82, 2.24) is 5.32 Å². The first-order valence-electron chi connectivity index (χ1n) is 11.6. The number of benzene rings is 3. The van der Waals surface area contributed by atoms with Crippen LogP contribution in [0.15, 0.2) is 54.1 Å². The number of hydrogen-bond acceptors (Lipinski definition) is 5. The fraction of sp³-hybridized carbons (Fsp3) is 0.207. The van der Waals surface area contributed by atoms with E-state index in [-0.39, 0.29) is 17.2 Å². The normalized spacial score (nSPS) is 14.7. The lowest BCUT2D eigenvalue weighted by atomic mass is 10.0. The van der Waals surface area contributed by atoms with E-state index in [1.807, 2.05) is 45.9 Å². The molecule has 8 heteroatoms. The Hall–Kier alpha value is -4.10. The molecule has 0 radical (unpaired) electrons. The highest BCUT2D eigenvalue weighted by Crippen LogP contribution is 2.38. The Labute approximate surface area is 220 Å². The van der Waals surface area contributed by atoms with Crippen LogP contribution in [0.5, 0.6) is 11.5 Å². The largest absolute Gasteiger partial charge is 0.493 e. The summed E-state index contributed by atoms with van der Waals surface area (Å²) in [6.45, 7) is 8.01. The number of carbonyl (C=O) groups excluding carboxylic acids is 3. The van der Waals surface area contributed by atoms with Crippen molar-refractivity contribution in [3.63, 3.8) is 0 Å². The van der Waals surface area contributed by atoms with Gasteiger partial charge in [-0.2, -0.15) is 0 Å². The van der Waals surface area contributed by atoms with E-state index in [0.29, 0.717) is 22.7 Å². The summed E-state index contributed by atoms with van der Waals surface area (Å²) in [6, 6.07) is 13.8. The van der Waals surface area contributed by atoms with Crippen LogP contribution in [0.3, 0.4) is 0 Å². The smallest absolute Gasteiger partial charge is 0.335 e. The molecular weight excluding hydrogens is 492 g/mol. The zero-order valence-electron chi connectivity index (χ0n) is 21.3. The number of methoxy groups -OCH3 is 1. The van der Waals surface area contributed by atoms with Crippen LogP contribution in [-0.4, -0.2) is 25.0 Å². The molecule has 4 rings (SSSR count). The zero-order valence-corrected chi connectivity index (χ0v) is 22.0. The van der Waals surface area contributed by atoms with Gasteiger partial charge in [-0.25, -0.2) is 9.69 Å². The molecule has 3 aromatic carbocycles. The zero-order chi connectivity index (χ0) is 26.9. The molecular formula is C29H27ClN2O5. The molecule has 4 amide bonds. The molecule has 7 nitrogen and oxygen atoms in total. The summed E-state index contributed by atoms with van der Waals surface area (Å²) in [6.07, 6.45) is 1.38. The number of rotatable bonds is 6. The molecule has 1 fully saturated rings. The number of urea groups is 1. The summed E-state index contributed by atoms with van der Waals surface area (Å²) in [5.74, 6) is -0.832. The molecule has 1 aliphatic rings. The van der Waals surface area contributed by atoms with Crippen molar-refractivity contribution < 1.29 is 23.9 Å². The summed E-state index contributed by atoms with van der Waals surface area (Å²) in [7, 11) is 1.48. The molecule has 1 saturated heterocycles. The minimum Gasteiger partial charge on any atom is -0.493 e. The first-order chi connectivity index (χ1) is 17.6. The molecule has 37 heavy (non-hydrogen) atoms. The Morgan fingerprint density at radius 1 is 0.973 bits per heavy atom. The molecule has 190 valence electrons. The predicted molar refractivity (Wildman–Crippen MR) is 143 cm³/mol. The highest BCUT2D eigenvalue weighted by atomic mass is 35.5. The van der Waals surface area contributed by atoms with E-state index in [1.165, 1.54) is 13.2 Å². The van der Waals surface area contributed by atoms with Crippen LogP contribution < -0.4 is 19.7 Å². The molecule has 0 aromatic heterocycles. The topological polar surface area (TPSA) is 84.9 Å². The van der Waals surface area contributed by atoms with Crippen molar-refractivity contribution in [3.05, 3.63) is 92.5 Å². The number of ether oxygens (including phenoxy) is 2. The van der Waals surface area contributed by atoms with Gasteiger partial charge in [0, 0.05) is 0 Å². The van der Waals surface area contributed by atoms with E-state index in [4.69, 9.17) is 21.1 Å². The first kappa shape index (κ1) is 26.0. The maximum atomic E-state index is 13.3. The SMILES string of the molecule is COc1cc(/C=C2\C(=O)NC(=O)N(c3cccc(C)c3C)C2=O)cc(Cl)c1OCc1cc(C)cc(C)c1. The Morgan fingerprint density at radius 2 is 1.68 bits per heavy atom. The average molecular weight is 519 g/mol. The van der Waals surface area contributed by atoms with Gasteiger partial charge in [0.05, 0.1) is 17.8 Å². The Bertz CT molecular complexity index is 1440. The summed E-state index contributed by atoms with van der Waals surface area (Å²) >= 11 is 6.53. The van der Waals surface area contributed by atoms with Crippen LogP contribution in [0, 0.1) is 27.7 Å². The van der Waals surface area contributed by atoms with Crippen LogP contribution in [0.25, 0.3) is 6.08 Å². The molecule has 0 spiro atoms. The van der Waals surface area contributed by atoms with Gasteiger partial charge in [0.2, 0.25) is 0 Å². The highest BCUT2D eigenvalue weighted by molar-refractivity contribution is 6.39. The second-order valence-electron chi connectivity index (χ2n) is 9.00. The molecule has 0 aliphatic carbocycles. The molecule has 0 atom stereocenters. The summed E-state index contributed by atoms with van der Waals surface area (Å²) in [5, 5.41) is 2.50. The van der Waals surface area contributed by atoms with Gasteiger partial charge in [-0.3, -0.25) is 14.9 Å². The lowest BCUT2D eigenvalue weighted by molar-refractivity contribution is -0.122. The number of carbonyl (C=O) groups is 3. The number of anilines is 1. The first-order valence-corrected chi connectivity index (χ1v) is 12.0. The number of aryl methyl sites for hydroxylation is 3. The maximum absolute atomic E-state index is 13.3. The van der Waals surface area contributed by atoms with Gasteiger partial charge in [0.15, 0.2) is 11.5 Å². The van der Waals surface area contributed by atoms with Crippen molar-refractivity contribution in [2.75, 3.05) is 12.0 Å². The second kappa shape index (κ2) is 10.5. The van der Waals surface area contributed by atoms with Gasteiger partial charge >= 0.3 is 6.03 Å². The third-order valence-corrected chi connectivity index (χ3v) is 6.43. The summed E-state index contributed by atoms with van der Waals surface area (Å²) in [4.78, 5) is 39.5. The van der Waals surface area contributed by atoms with Gasteiger partial charge in [-0.15, -0.1) is 0 Å². The second-order valence-corrected chi connectivity index (χ2v) is 9.40. The Morgan fingerprint density at radius 3 is 2.35 bits per heavy atom. The summed E-state index contributed by atoms with van der Waals surface area (Å²) < 4.78 is 11.5. The third-order valence-electron chi connectivity index (χ3n) is 6.15. The molecule has 3 aromatic rings. The molecule has 0 bridgehead atoms. The number of halogens is 1. The van der Waals surface area contributed by atoms with E-state index < -0.39 is 17.8 Å². The molecule has 1 aliphatic heterocycles. The fourth-order valence-electron chi connectivity index (χ4n) is 4.29. The van der Waals surface area contributed by atoms with Crippen LogP contribution in [0.2, 0.25) is 5.02 Å². The Kier molecular flexibility index (Phi) is 7.36. The van der Waals surface area contributed by atoms with Crippen molar-refractivity contribution in [2.24, 2.45) is 0 Å². The number of nitrogens with zero attached hydrogens (tertiary/aromatic N) is 1. The third kappa shape index (κ3) is 5.37. The maximum Gasteiger partial charge on any atom is 0.335 e.